The summed E-state index contributed by atoms with van der Waals surface area (Å²) in [6.45, 7) is 11.5. The van der Waals surface area contributed by atoms with Gasteiger partial charge < -0.3 is 19.3 Å². The first-order valence-corrected chi connectivity index (χ1v) is 8.29. The molecule has 0 aromatic heterocycles. The summed E-state index contributed by atoms with van der Waals surface area (Å²) >= 11 is 0. The molecular weight excluding hydrogens is 328 g/mol. The fraction of sp³-hybridized carbons (Fsp3) is 0.812. The molecule has 3 amide bonds. The third-order valence-electron chi connectivity index (χ3n) is 3.32. The second-order valence-electron chi connectivity index (χ2n) is 8.03. The summed E-state index contributed by atoms with van der Waals surface area (Å²) in [5.74, 6) is 4.70. The van der Waals surface area contributed by atoms with Crippen molar-refractivity contribution in [3.8, 4) is 0 Å². The van der Waals surface area contributed by atoms with Crippen LogP contribution in [0.4, 0.5) is 9.59 Å². The van der Waals surface area contributed by atoms with Crippen LogP contribution in [0.1, 0.15) is 48.0 Å². The molecule has 0 bridgehead atoms. The van der Waals surface area contributed by atoms with Crippen LogP contribution in [0.25, 0.3) is 0 Å². The molecule has 0 aliphatic carbocycles. The quantitative estimate of drug-likeness (QED) is 0.444. The first kappa shape index (κ1) is 21.0. The standard InChI is InChI=1S/C16H30N4O5/c1-15(2,3)24-13(22)19-9-11(10-19)20(8-7-12(21)18-17)14(23)25-16(4,5)6/h11H,7-10,17H2,1-6H3,(H,18,21). The molecule has 1 aliphatic rings. The number of hydrogen-bond acceptors (Lipinski definition) is 6. The molecule has 3 N–H and O–H groups in total. The van der Waals surface area contributed by atoms with Gasteiger partial charge in [0, 0.05) is 26.1 Å². The van der Waals surface area contributed by atoms with Crippen LogP contribution in [-0.2, 0) is 14.3 Å². The van der Waals surface area contributed by atoms with Gasteiger partial charge in [-0.15, -0.1) is 0 Å². The molecule has 1 saturated heterocycles. The van der Waals surface area contributed by atoms with E-state index in [4.69, 9.17) is 15.3 Å². The van der Waals surface area contributed by atoms with Crippen LogP contribution in [0.5, 0.6) is 0 Å². The fourth-order valence-corrected chi connectivity index (χ4v) is 2.17. The Hall–Kier alpha value is -2.03. The molecule has 1 aliphatic heterocycles. The average molecular weight is 358 g/mol. The Labute approximate surface area is 148 Å². The van der Waals surface area contributed by atoms with E-state index in [9.17, 15) is 14.4 Å². The number of hydrazine groups is 1. The van der Waals surface area contributed by atoms with Crippen LogP contribution in [0, 0.1) is 0 Å². The van der Waals surface area contributed by atoms with Gasteiger partial charge in [-0.1, -0.05) is 0 Å². The number of likely N-dealkylation sites (tertiary alicyclic amines) is 1. The Bertz CT molecular complexity index is 504. The Kier molecular flexibility index (Phi) is 6.64. The van der Waals surface area contributed by atoms with E-state index >= 15 is 0 Å². The zero-order valence-corrected chi connectivity index (χ0v) is 15.9. The van der Waals surface area contributed by atoms with Gasteiger partial charge in [-0.25, -0.2) is 15.4 Å². The number of nitrogens with zero attached hydrogens (tertiary/aromatic N) is 2. The molecule has 0 unspecified atom stereocenters. The number of carbonyl (C=O) groups is 3. The van der Waals surface area contributed by atoms with E-state index in [1.807, 2.05) is 5.43 Å². The summed E-state index contributed by atoms with van der Waals surface area (Å²) in [6, 6.07) is -0.229. The second kappa shape index (κ2) is 7.90. The number of nitrogens with one attached hydrogen (secondary N) is 1. The maximum absolute atomic E-state index is 12.4. The molecular formula is C16H30N4O5. The Morgan fingerprint density at radius 3 is 2.04 bits per heavy atom. The molecule has 144 valence electrons. The highest BCUT2D eigenvalue weighted by molar-refractivity contribution is 5.76. The van der Waals surface area contributed by atoms with Gasteiger partial charge in [0.1, 0.15) is 11.2 Å². The molecule has 0 spiro atoms. The summed E-state index contributed by atoms with van der Waals surface area (Å²) in [5, 5.41) is 0. The normalized spacial score (nSPS) is 15.2. The first-order valence-electron chi connectivity index (χ1n) is 8.29. The van der Waals surface area contributed by atoms with E-state index < -0.39 is 23.4 Å². The van der Waals surface area contributed by atoms with Crippen molar-refractivity contribution in [1.82, 2.24) is 15.2 Å². The lowest BCUT2D eigenvalue weighted by molar-refractivity contribution is -0.121. The van der Waals surface area contributed by atoms with Crippen LogP contribution in [0.2, 0.25) is 0 Å². The van der Waals surface area contributed by atoms with Gasteiger partial charge in [0.2, 0.25) is 5.91 Å². The highest BCUT2D eigenvalue weighted by atomic mass is 16.6. The van der Waals surface area contributed by atoms with Crippen molar-refractivity contribution in [2.75, 3.05) is 19.6 Å². The molecule has 0 atom stereocenters. The Morgan fingerprint density at radius 1 is 1.08 bits per heavy atom. The van der Waals surface area contributed by atoms with Gasteiger partial charge in [-0.2, -0.15) is 0 Å². The van der Waals surface area contributed by atoms with E-state index in [2.05, 4.69) is 0 Å². The second-order valence-corrected chi connectivity index (χ2v) is 8.03. The molecule has 9 nitrogen and oxygen atoms in total. The number of hydrogen-bond donors (Lipinski definition) is 2. The lowest BCUT2D eigenvalue weighted by Crippen LogP contribution is -2.63. The van der Waals surface area contributed by atoms with Crippen molar-refractivity contribution in [1.29, 1.82) is 0 Å². The third kappa shape index (κ3) is 7.16. The molecule has 25 heavy (non-hydrogen) atoms. The zero-order chi connectivity index (χ0) is 19.4. The molecule has 9 heteroatoms. The maximum Gasteiger partial charge on any atom is 0.410 e. The summed E-state index contributed by atoms with van der Waals surface area (Å²) < 4.78 is 10.7. The fourth-order valence-electron chi connectivity index (χ4n) is 2.17. The average Bonchev–Trinajstić information content (AvgIpc) is 2.35. The van der Waals surface area contributed by atoms with Gasteiger partial charge in [0.25, 0.3) is 0 Å². The van der Waals surface area contributed by atoms with Crippen LogP contribution in [-0.4, -0.2) is 64.8 Å². The molecule has 1 heterocycles. The molecule has 1 fully saturated rings. The van der Waals surface area contributed by atoms with Crippen molar-refractivity contribution in [2.45, 2.75) is 65.2 Å². The number of ether oxygens (including phenoxy) is 2. The highest BCUT2D eigenvalue weighted by Crippen LogP contribution is 2.21. The molecule has 0 saturated carbocycles. The van der Waals surface area contributed by atoms with Crippen molar-refractivity contribution in [2.24, 2.45) is 5.84 Å². The molecule has 0 radical (unpaired) electrons. The number of rotatable bonds is 4. The van der Waals surface area contributed by atoms with Crippen molar-refractivity contribution in [3.63, 3.8) is 0 Å². The van der Waals surface area contributed by atoms with Gasteiger partial charge in [-0.05, 0) is 41.5 Å². The van der Waals surface area contributed by atoms with E-state index in [1.54, 1.807) is 41.5 Å². The van der Waals surface area contributed by atoms with Gasteiger partial charge in [-0.3, -0.25) is 10.2 Å². The maximum atomic E-state index is 12.4. The van der Waals surface area contributed by atoms with Crippen molar-refractivity contribution in [3.05, 3.63) is 0 Å². The monoisotopic (exact) mass is 358 g/mol. The third-order valence-corrected chi connectivity index (χ3v) is 3.32. The number of amides is 3. The number of nitrogens with two attached hydrogens (primary N) is 1. The first-order chi connectivity index (χ1) is 11.3. The molecule has 1 rings (SSSR count). The van der Waals surface area contributed by atoms with E-state index in [0.29, 0.717) is 13.1 Å². The molecule has 0 aromatic carbocycles. The Balaban J connectivity index is 2.67. The summed E-state index contributed by atoms with van der Waals surface area (Å²) in [5.41, 5.74) is 0.803. The predicted octanol–water partition coefficient (Wildman–Crippen LogP) is 1.22. The lowest BCUT2D eigenvalue weighted by atomic mass is 10.1. The van der Waals surface area contributed by atoms with Crippen molar-refractivity contribution < 1.29 is 23.9 Å². The predicted molar refractivity (Wildman–Crippen MR) is 91.5 cm³/mol. The molecule has 0 aromatic rings. The van der Waals surface area contributed by atoms with E-state index in [0.717, 1.165) is 0 Å². The summed E-state index contributed by atoms with van der Waals surface area (Å²) in [7, 11) is 0. The smallest absolute Gasteiger partial charge is 0.410 e. The zero-order valence-electron chi connectivity index (χ0n) is 15.9. The minimum atomic E-state index is -0.653. The largest absolute Gasteiger partial charge is 0.444 e. The van der Waals surface area contributed by atoms with Gasteiger partial charge in [0.15, 0.2) is 0 Å². The number of carbonyl (C=O) groups excluding carboxylic acids is 3. The van der Waals surface area contributed by atoms with E-state index in [1.165, 1.54) is 9.80 Å². The summed E-state index contributed by atoms with van der Waals surface area (Å²) in [6.07, 6.45) is -0.891. The minimum Gasteiger partial charge on any atom is -0.444 e. The minimum absolute atomic E-state index is 0.0542. The topological polar surface area (TPSA) is 114 Å². The van der Waals surface area contributed by atoms with E-state index in [-0.39, 0.29) is 24.9 Å². The summed E-state index contributed by atoms with van der Waals surface area (Å²) in [4.78, 5) is 38.8. The SMILES string of the molecule is CC(C)(C)OC(=O)N1CC(N(CCC(=O)NN)C(=O)OC(C)(C)C)C1. The van der Waals surface area contributed by atoms with Crippen LogP contribution >= 0.6 is 0 Å². The van der Waals surface area contributed by atoms with Crippen LogP contribution in [0.3, 0.4) is 0 Å². The van der Waals surface area contributed by atoms with Crippen LogP contribution in [0.15, 0.2) is 0 Å². The lowest BCUT2D eigenvalue weighted by Gasteiger charge is -2.45. The highest BCUT2D eigenvalue weighted by Gasteiger charge is 2.40. The Morgan fingerprint density at radius 2 is 1.60 bits per heavy atom. The van der Waals surface area contributed by atoms with Crippen LogP contribution < -0.4 is 11.3 Å². The van der Waals surface area contributed by atoms with Crippen molar-refractivity contribution >= 4 is 18.1 Å². The van der Waals surface area contributed by atoms with Gasteiger partial charge in [0.05, 0.1) is 6.04 Å². The van der Waals surface area contributed by atoms with Gasteiger partial charge >= 0.3 is 12.2 Å².